The zero-order valence-electron chi connectivity index (χ0n) is 13.8. The van der Waals surface area contributed by atoms with E-state index >= 15 is 0 Å². The molecule has 0 unspecified atom stereocenters. The largest absolute Gasteiger partial charge is 0.445 e. The number of pyridine rings is 1. The van der Waals surface area contributed by atoms with Gasteiger partial charge in [0.25, 0.3) is 5.91 Å². The Morgan fingerprint density at radius 1 is 1.23 bits per heavy atom. The van der Waals surface area contributed by atoms with Crippen LogP contribution in [0, 0.1) is 0 Å². The minimum atomic E-state index is -4.51. The van der Waals surface area contributed by atoms with Gasteiger partial charge in [-0.3, -0.25) is 9.59 Å². The Balaban J connectivity index is 1.68. The number of alkyl halides is 3. The average molecular weight is 387 g/mol. The Hall–Kier alpha value is -2.43. The Kier molecular flexibility index (Phi) is 4.99. The standard InChI is InChI=1S/C15H16F3N5O2S/c1-2-10-9(3-4-11(24)19-10)12(25)22-5-7-23(8-6-22)14-21-20-13(26-14)15(16,17)18/h3-4H,2,5-8H2,1H3,(H,19,24). The molecule has 2 aromatic rings. The zero-order valence-corrected chi connectivity index (χ0v) is 14.7. The van der Waals surface area contributed by atoms with E-state index in [2.05, 4.69) is 15.2 Å². The van der Waals surface area contributed by atoms with Crippen LogP contribution >= 0.6 is 11.3 Å². The van der Waals surface area contributed by atoms with E-state index in [0.717, 1.165) is 0 Å². The molecule has 0 aromatic carbocycles. The maximum atomic E-state index is 12.7. The SMILES string of the molecule is CCc1[nH]c(=O)ccc1C(=O)N1CCN(c2nnc(C(F)(F)F)s2)CC1. The second-order valence-corrected chi connectivity index (χ2v) is 6.69. The van der Waals surface area contributed by atoms with Crippen LogP contribution in [0.15, 0.2) is 16.9 Å². The van der Waals surface area contributed by atoms with E-state index in [-0.39, 0.29) is 16.6 Å². The number of hydrogen-bond donors (Lipinski definition) is 1. The van der Waals surface area contributed by atoms with Crippen molar-refractivity contribution in [2.24, 2.45) is 0 Å². The lowest BCUT2D eigenvalue weighted by Crippen LogP contribution is -2.49. The zero-order chi connectivity index (χ0) is 18.9. The third kappa shape index (κ3) is 3.71. The summed E-state index contributed by atoms with van der Waals surface area (Å²) >= 11 is 0.496. The van der Waals surface area contributed by atoms with Crippen LogP contribution in [0.4, 0.5) is 18.3 Å². The predicted molar refractivity (Wildman–Crippen MR) is 89.5 cm³/mol. The predicted octanol–water partition coefficient (Wildman–Crippen LogP) is 1.77. The van der Waals surface area contributed by atoms with E-state index in [0.29, 0.717) is 55.2 Å². The van der Waals surface area contributed by atoms with Crippen LogP contribution in [0.3, 0.4) is 0 Å². The highest BCUT2D eigenvalue weighted by atomic mass is 32.1. The van der Waals surface area contributed by atoms with Gasteiger partial charge in [0.2, 0.25) is 15.7 Å². The summed E-state index contributed by atoms with van der Waals surface area (Å²) in [5.41, 5.74) is 0.750. The number of aryl methyl sites for hydroxylation is 1. The van der Waals surface area contributed by atoms with E-state index in [1.165, 1.54) is 12.1 Å². The number of amides is 1. The van der Waals surface area contributed by atoms with Gasteiger partial charge in [0.1, 0.15) is 0 Å². The molecule has 3 rings (SSSR count). The molecule has 0 saturated carbocycles. The summed E-state index contributed by atoms with van der Waals surface area (Å²) < 4.78 is 37.9. The molecule has 11 heteroatoms. The molecule has 1 aliphatic heterocycles. The molecule has 0 radical (unpaired) electrons. The Bertz CT molecular complexity index is 855. The molecule has 26 heavy (non-hydrogen) atoms. The molecule has 3 heterocycles. The molecule has 140 valence electrons. The van der Waals surface area contributed by atoms with E-state index in [1.807, 2.05) is 6.92 Å². The first kappa shape index (κ1) is 18.4. The molecule has 2 aromatic heterocycles. The number of halogens is 3. The molecule has 1 amide bonds. The molecule has 0 bridgehead atoms. The summed E-state index contributed by atoms with van der Waals surface area (Å²) in [5, 5.41) is 6.00. The normalized spacial score (nSPS) is 15.4. The molecular weight excluding hydrogens is 371 g/mol. The van der Waals surface area contributed by atoms with Gasteiger partial charge in [-0.2, -0.15) is 13.2 Å². The van der Waals surface area contributed by atoms with Crippen LogP contribution in [0.25, 0.3) is 0 Å². The molecular formula is C15H16F3N5O2S. The summed E-state index contributed by atoms with van der Waals surface area (Å²) in [6, 6.07) is 2.81. The van der Waals surface area contributed by atoms with E-state index < -0.39 is 11.2 Å². The highest BCUT2D eigenvalue weighted by molar-refractivity contribution is 7.15. The van der Waals surface area contributed by atoms with Crippen molar-refractivity contribution >= 4 is 22.4 Å². The minimum Gasteiger partial charge on any atom is -0.343 e. The highest BCUT2D eigenvalue weighted by Crippen LogP contribution is 2.34. The molecule has 1 aliphatic rings. The lowest BCUT2D eigenvalue weighted by atomic mass is 10.1. The van der Waals surface area contributed by atoms with Crippen molar-refractivity contribution in [3.63, 3.8) is 0 Å². The van der Waals surface area contributed by atoms with Gasteiger partial charge in [-0.05, 0) is 12.5 Å². The van der Waals surface area contributed by atoms with Gasteiger partial charge in [0, 0.05) is 37.9 Å². The minimum absolute atomic E-state index is 0.197. The summed E-state index contributed by atoms with van der Waals surface area (Å²) in [6.45, 7) is 3.27. The number of anilines is 1. The second kappa shape index (κ2) is 7.06. The van der Waals surface area contributed by atoms with Gasteiger partial charge in [0.15, 0.2) is 0 Å². The number of aromatic amines is 1. The van der Waals surface area contributed by atoms with Crippen molar-refractivity contribution < 1.29 is 18.0 Å². The van der Waals surface area contributed by atoms with Gasteiger partial charge < -0.3 is 14.8 Å². The number of hydrogen-bond acceptors (Lipinski definition) is 6. The third-order valence-electron chi connectivity index (χ3n) is 4.08. The van der Waals surface area contributed by atoms with E-state index in [4.69, 9.17) is 0 Å². The molecule has 1 N–H and O–H groups in total. The molecule has 0 atom stereocenters. The number of carbonyl (C=O) groups is 1. The number of H-pyrrole nitrogens is 1. The average Bonchev–Trinajstić information content (AvgIpc) is 3.11. The molecule has 0 aliphatic carbocycles. The van der Waals surface area contributed by atoms with Gasteiger partial charge in [0.05, 0.1) is 5.56 Å². The summed E-state index contributed by atoms with van der Waals surface area (Å²) in [7, 11) is 0. The van der Waals surface area contributed by atoms with Gasteiger partial charge in [-0.25, -0.2) is 0 Å². The first-order valence-corrected chi connectivity index (χ1v) is 8.78. The Morgan fingerprint density at radius 2 is 1.92 bits per heavy atom. The van der Waals surface area contributed by atoms with Gasteiger partial charge in [-0.15, -0.1) is 10.2 Å². The quantitative estimate of drug-likeness (QED) is 0.868. The maximum Gasteiger partial charge on any atom is 0.445 e. The van der Waals surface area contributed by atoms with Crippen molar-refractivity contribution in [2.75, 3.05) is 31.1 Å². The van der Waals surface area contributed by atoms with Crippen LogP contribution in [0.2, 0.25) is 0 Å². The highest BCUT2D eigenvalue weighted by Gasteiger charge is 2.36. The molecule has 7 nitrogen and oxygen atoms in total. The van der Waals surface area contributed by atoms with Gasteiger partial charge >= 0.3 is 6.18 Å². The van der Waals surface area contributed by atoms with E-state index in [9.17, 15) is 22.8 Å². The second-order valence-electron chi connectivity index (χ2n) is 5.74. The van der Waals surface area contributed by atoms with Crippen LogP contribution in [0.5, 0.6) is 0 Å². The van der Waals surface area contributed by atoms with Crippen LogP contribution in [0.1, 0.15) is 28.0 Å². The number of carbonyl (C=O) groups excluding carboxylic acids is 1. The van der Waals surface area contributed by atoms with Crippen molar-refractivity contribution in [1.29, 1.82) is 0 Å². The maximum absolute atomic E-state index is 12.7. The topological polar surface area (TPSA) is 82.2 Å². The monoisotopic (exact) mass is 387 g/mol. The van der Waals surface area contributed by atoms with Crippen LogP contribution in [-0.2, 0) is 12.6 Å². The lowest BCUT2D eigenvalue weighted by Gasteiger charge is -2.34. The summed E-state index contributed by atoms with van der Waals surface area (Å²) in [6.07, 6.45) is -3.99. The van der Waals surface area contributed by atoms with Crippen LogP contribution in [-0.4, -0.2) is 52.2 Å². The Morgan fingerprint density at radius 3 is 2.50 bits per heavy atom. The number of rotatable bonds is 3. The fourth-order valence-electron chi connectivity index (χ4n) is 2.73. The molecule has 1 fully saturated rings. The van der Waals surface area contributed by atoms with Crippen molar-refractivity contribution in [2.45, 2.75) is 19.5 Å². The summed E-state index contributed by atoms with van der Waals surface area (Å²) in [5.74, 6) is -0.203. The Labute approximate surface area is 150 Å². The van der Waals surface area contributed by atoms with Crippen molar-refractivity contribution in [1.82, 2.24) is 20.1 Å². The van der Waals surface area contributed by atoms with Gasteiger partial charge in [-0.1, -0.05) is 18.3 Å². The van der Waals surface area contributed by atoms with Crippen molar-refractivity contribution in [3.8, 4) is 0 Å². The molecule has 0 spiro atoms. The number of nitrogens with one attached hydrogen (secondary N) is 1. The van der Waals surface area contributed by atoms with Crippen LogP contribution < -0.4 is 10.5 Å². The number of aromatic nitrogens is 3. The smallest absolute Gasteiger partial charge is 0.343 e. The molecule has 1 saturated heterocycles. The first-order valence-electron chi connectivity index (χ1n) is 7.96. The van der Waals surface area contributed by atoms with Crippen molar-refractivity contribution in [3.05, 3.63) is 38.8 Å². The summed E-state index contributed by atoms with van der Waals surface area (Å²) in [4.78, 5) is 30.0. The third-order valence-corrected chi connectivity index (χ3v) is 5.11. The lowest BCUT2D eigenvalue weighted by molar-refractivity contribution is -0.138. The fraction of sp³-hybridized carbons (Fsp3) is 0.467. The fourth-order valence-corrected chi connectivity index (χ4v) is 3.49. The number of nitrogens with zero attached hydrogens (tertiary/aromatic N) is 4. The van der Waals surface area contributed by atoms with E-state index in [1.54, 1.807) is 9.80 Å². The first-order chi connectivity index (χ1) is 12.3. The number of piperazine rings is 1.